The Morgan fingerprint density at radius 1 is 1.33 bits per heavy atom. The summed E-state index contributed by atoms with van der Waals surface area (Å²) in [7, 11) is 0. The van der Waals surface area contributed by atoms with Crippen LogP contribution in [-0.2, 0) is 4.74 Å². The van der Waals surface area contributed by atoms with Crippen LogP contribution in [0.25, 0.3) is 5.57 Å². The lowest BCUT2D eigenvalue weighted by molar-refractivity contribution is 0.0494. The van der Waals surface area contributed by atoms with Gasteiger partial charge in [0.2, 0.25) is 0 Å². The number of alkyl carbamates (subject to hydrolysis) is 1. The van der Waals surface area contributed by atoms with Crippen LogP contribution in [0, 0.1) is 18.7 Å². The SMILES string of the molecule is C=CC1=CC(O)N(C2CC2)c2c1cc(F)c(N1CC[C@@H]([C@H](C)NC(=O)OC(C)(C)C)C1)c2C. The first-order valence-electron chi connectivity index (χ1n) is 11.9. The molecule has 6 nitrogen and oxygen atoms in total. The Balaban J connectivity index is 1.58. The number of rotatable bonds is 5. The number of carbonyl (C=O) groups excluding carboxylic acids is 1. The van der Waals surface area contributed by atoms with E-state index in [-0.39, 0.29) is 23.8 Å². The van der Waals surface area contributed by atoms with E-state index in [0.717, 1.165) is 41.6 Å². The van der Waals surface area contributed by atoms with Gasteiger partial charge in [-0.05, 0) is 83.1 Å². The molecular weight excluding hydrogens is 421 g/mol. The minimum atomic E-state index is -0.737. The summed E-state index contributed by atoms with van der Waals surface area (Å²) in [6.07, 6.45) is 5.17. The molecule has 7 heteroatoms. The molecular formula is C26H36FN3O3. The van der Waals surface area contributed by atoms with Crippen molar-refractivity contribution >= 4 is 23.0 Å². The van der Waals surface area contributed by atoms with Crippen molar-refractivity contribution in [2.75, 3.05) is 22.9 Å². The molecule has 180 valence electrons. The molecule has 3 aliphatic rings. The number of hydrogen-bond donors (Lipinski definition) is 2. The summed E-state index contributed by atoms with van der Waals surface area (Å²) < 4.78 is 20.9. The summed E-state index contributed by atoms with van der Waals surface area (Å²) >= 11 is 0. The van der Waals surface area contributed by atoms with Crippen molar-refractivity contribution in [2.24, 2.45) is 5.92 Å². The van der Waals surface area contributed by atoms with Crippen molar-refractivity contribution in [2.45, 2.75) is 77.8 Å². The first-order valence-corrected chi connectivity index (χ1v) is 11.9. The third-order valence-electron chi connectivity index (χ3n) is 6.80. The molecule has 1 saturated heterocycles. The second-order valence-electron chi connectivity index (χ2n) is 10.5. The number of anilines is 2. The third kappa shape index (κ3) is 4.74. The maximum atomic E-state index is 15.5. The predicted octanol–water partition coefficient (Wildman–Crippen LogP) is 4.74. The van der Waals surface area contributed by atoms with Crippen molar-refractivity contribution in [3.05, 3.63) is 41.7 Å². The van der Waals surface area contributed by atoms with Gasteiger partial charge in [0, 0.05) is 30.7 Å². The molecule has 1 unspecified atom stereocenters. The number of ether oxygens (including phenoxy) is 1. The summed E-state index contributed by atoms with van der Waals surface area (Å²) in [6.45, 7) is 14.6. The minimum Gasteiger partial charge on any atom is -0.444 e. The Labute approximate surface area is 196 Å². The highest BCUT2D eigenvalue weighted by Gasteiger charge is 2.39. The maximum Gasteiger partial charge on any atom is 0.407 e. The summed E-state index contributed by atoms with van der Waals surface area (Å²) in [5.74, 6) is -0.0827. The monoisotopic (exact) mass is 457 g/mol. The van der Waals surface area contributed by atoms with Crippen LogP contribution in [0.1, 0.15) is 58.1 Å². The predicted molar refractivity (Wildman–Crippen MR) is 130 cm³/mol. The summed E-state index contributed by atoms with van der Waals surface area (Å²) in [4.78, 5) is 16.3. The van der Waals surface area contributed by atoms with Crippen LogP contribution >= 0.6 is 0 Å². The molecule has 2 N–H and O–H groups in total. The van der Waals surface area contributed by atoms with Gasteiger partial charge in [0.15, 0.2) is 0 Å². The zero-order valence-corrected chi connectivity index (χ0v) is 20.3. The van der Waals surface area contributed by atoms with E-state index in [4.69, 9.17) is 4.74 Å². The smallest absolute Gasteiger partial charge is 0.407 e. The van der Waals surface area contributed by atoms with Gasteiger partial charge < -0.3 is 25.0 Å². The number of halogens is 1. The zero-order valence-electron chi connectivity index (χ0n) is 20.3. The van der Waals surface area contributed by atoms with Gasteiger partial charge in [-0.1, -0.05) is 12.7 Å². The topological polar surface area (TPSA) is 65.0 Å². The molecule has 2 fully saturated rings. The van der Waals surface area contributed by atoms with E-state index >= 15 is 4.39 Å². The largest absolute Gasteiger partial charge is 0.444 e. The summed E-state index contributed by atoms with van der Waals surface area (Å²) in [5.41, 5.74) is 3.34. The minimum absolute atomic E-state index is 0.0917. The number of benzene rings is 1. The lowest BCUT2D eigenvalue weighted by atomic mass is 9.93. The van der Waals surface area contributed by atoms with Gasteiger partial charge in [-0.3, -0.25) is 0 Å². The van der Waals surface area contributed by atoms with Crippen molar-refractivity contribution in [1.29, 1.82) is 0 Å². The van der Waals surface area contributed by atoms with Crippen LogP contribution in [0.15, 0.2) is 24.8 Å². The highest BCUT2D eigenvalue weighted by atomic mass is 19.1. The quantitative estimate of drug-likeness (QED) is 0.668. The Kier molecular flexibility index (Phi) is 6.20. The molecule has 33 heavy (non-hydrogen) atoms. The Morgan fingerprint density at radius 2 is 2.03 bits per heavy atom. The van der Waals surface area contributed by atoms with Crippen LogP contribution in [0.5, 0.6) is 0 Å². The Morgan fingerprint density at radius 3 is 2.64 bits per heavy atom. The number of aliphatic hydroxyl groups excluding tert-OH is 1. The van der Waals surface area contributed by atoms with Crippen molar-refractivity contribution < 1.29 is 19.0 Å². The highest BCUT2D eigenvalue weighted by molar-refractivity contribution is 5.90. The number of allylic oxidation sites excluding steroid dienone is 2. The molecule has 1 saturated carbocycles. The molecule has 0 radical (unpaired) electrons. The number of hydrogen-bond acceptors (Lipinski definition) is 5. The van der Waals surface area contributed by atoms with Gasteiger partial charge in [-0.25, -0.2) is 9.18 Å². The van der Waals surface area contributed by atoms with Gasteiger partial charge in [0.1, 0.15) is 17.6 Å². The molecule has 1 aromatic rings. The average Bonchev–Trinajstić information content (AvgIpc) is 3.42. The Bertz CT molecular complexity index is 980. The second kappa shape index (κ2) is 8.67. The fourth-order valence-corrected chi connectivity index (χ4v) is 5.10. The van der Waals surface area contributed by atoms with Crippen molar-refractivity contribution in [3.63, 3.8) is 0 Å². The maximum absolute atomic E-state index is 15.5. The molecule has 0 spiro atoms. The number of carbonyl (C=O) groups is 1. The third-order valence-corrected chi connectivity index (χ3v) is 6.80. The standard InChI is InChI=1S/C26H36FN3O3/c1-7-17-12-22(31)30(19-8-9-19)23-15(2)24(21(27)13-20(17)23)29-11-10-18(14-29)16(3)28-25(32)33-26(4,5)6/h7,12-13,16,18-19,22,31H,1,8-11,14H2,2-6H3,(H,28,32)/t16-,18+,22?/m0/s1. The number of nitrogens with one attached hydrogen (secondary N) is 1. The van der Waals surface area contributed by atoms with E-state index in [2.05, 4.69) is 16.8 Å². The number of fused-ring (bicyclic) bond motifs is 1. The van der Waals surface area contributed by atoms with E-state index < -0.39 is 17.9 Å². The van der Waals surface area contributed by atoms with E-state index in [1.807, 2.05) is 39.5 Å². The van der Waals surface area contributed by atoms with Crippen LogP contribution in [-0.4, -0.2) is 48.2 Å². The van der Waals surface area contributed by atoms with Gasteiger partial charge in [0.05, 0.1) is 11.4 Å². The zero-order chi connectivity index (χ0) is 24.1. The van der Waals surface area contributed by atoms with Gasteiger partial charge in [0.25, 0.3) is 0 Å². The van der Waals surface area contributed by atoms with Crippen LogP contribution < -0.4 is 15.1 Å². The first kappa shape index (κ1) is 23.6. The fourth-order valence-electron chi connectivity index (χ4n) is 5.10. The normalized spacial score (nSPS) is 23.7. The fraction of sp³-hybridized carbons (Fsp3) is 0.577. The summed E-state index contributed by atoms with van der Waals surface area (Å²) in [5, 5.41) is 13.7. The lowest BCUT2D eigenvalue weighted by Crippen LogP contribution is -2.42. The van der Waals surface area contributed by atoms with Gasteiger partial charge >= 0.3 is 6.09 Å². The van der Waals surface area contributed by atoms with E-state index in [9.17, 15) is 9.90 Å². The molecule has 3 atom stereocenters. The molecule has 1 aromatic carbocycles. The molecule has 0 aromatic heterocycles. The van der Waals surface area contributed by atoms with Crippen LogP contribution in [0.3, 0.4) is 0 Å². The first-order chi connectivity index (χ1) is 15.5. The van der Waals surface area contributed by atoms with E-state index in [0.29, 0.717) is 18.8 Å². The molecule has 1 aliphatic carbocycles. The van der Waals surface area contributed by atoms with E-state index in [1.165, 1.54) is 0 Å². The molecule has 0 bridgehead atoms. The van der Waals surface area contributed by atoms with Crippen molar-refractivity contribution in [1.82, 2.24) is 5.32 Å². The van der Waals surface area contributed by atoms with Crippen LogP contribution in [0.2, 0.25) is 0 Å². The average molecular weight is 458 g/mol. The number of aliphatic hydroxyl groups is 1. The molecule has 2 heterocycles. The molecule has 4 rings (SSSR count). The summed E-state index contributed by atoms with van der Waals surface area (Å²) in [6, 6.07) is 1.77. The lowest BCUT2D eigenvalue weighted by Gasteiger charge is -2.37. The number of nitrogens with zero attached hydrogens (tertiary/aromatic N) is 2. The van der Waals surface area contributed by atoms with Gasteiger partial charge in [-0.15, -0.1) is 0 Å². The molecule has 1 amide bonds. The number of amides is 1. The van der Waals surface area contributed by atoms with Crippen molar-refractivity contribution in [3.8, 4) is 0 Å². The Hall–Kier alpha value is -2.54. The molecule has 2 aliphatic heterocycles. The van der Waals surface area contributed by atoms with E-state index in [1.54, 1.807) is 18.2 Å². The van der Waals surface area contributed by atoms with Gasteiger partial charge in [-0.2, -0.15) is 0 Å². The highest BCUT2D eigenvalue weighted by Crippen LogP contribution is 2.47. The second-order valence-corrected chi connectivity index (χ2v) is 10.5. The van der Waals surface area contributed by atoms with Crippen LogP contribution in [0.4, 0.5) is 20.6 Å².